The fraction of sp³-hybridized carbons (Fsp3) is 0.400. The summed E-state index contributed by atoms with van der Waals surface area (Å²) >= 11 is 0. The summed E-state index contributed by atoms with van der Waals surface area (Å²) in [6, 6.07) is 1.91. The van der Waals surface area contributed by atoms with Crippen LogP contribution in [-0.2, 0) is 13.0 Å². The summed E-state index contributed by atoms with van der Waals surface area (Å²) in [5.41, 5.74) is 1.82. The van der Waals surface area contributed by atoms with Gasteiger partial charge >= 0.3 is 0 Å². The van der Waals surface area contributed by atoms with E-state index in [-0.39, 0.29) is 5.78 Å². The van der Waals surface area contributed by atoms with Crippen molar-refractivity contribution in [3.63, 3.8) is 0 Å². The number of Topliss-reactive ketones (excluding diaryl/α,β-unsaturated/α-hetero) is 1. The van der Waals surface area contributed by atoms with Gasteiger partial charge in [0.15, 0.2) is 5.82 Å². The number of nitrogens with one attached hydrogen (secondary N) is 1. The zero-order valence-corrected chi connectivity index (χ0v) is 9.27. The Kier molecular flexibility index (Phi) is 2.80. The molecule has 0 radical (unpaired) electrons. The standard InChI is InChI=1S/C10H13N5O/c1-3-15-8(4-7(2)14-15)5-9(16)10-11-6-12-13-10/h4,6H,3,5H2,1-2H3,(H,11,12,13). The van der Waals surface area contributed by atoms with Gasteiger partial charge in [-0.1, -0.05) is 0 Å². The van der Waals surface area contributed by atoms with E-state index in [9.17, 15) is 4.79 Å². The van der Waals surface area contributed by atoms with Gasteiger partial charge in [-0.25, -0.2) is 4.98 Å². The molecule has 0 bridgehead atoms. The molecule has 2 rings (SSSR count). The molecule has 0 saturated carbocycles. The second-order valence-corrected chi connectivity index (χ2v) is 3.53. The molecule has 2 heterocycles. The topological polar surface area (TPSA) is 76.5 Å². The Bertz CT molecular complexity index is 485. The van der Waals surface area contributed by atoms with Crippen molar-refractivity contribution in [3.05, 3.63) is 29.6 Å². The molecule has 0 spiro atoms. The molecule has 84 valence electrons. The van der Waals surface area contributed by atoms with E-state index in [2.05, 4.69) is 20.3 Å². The summed E-state index contributed by atoms with van der Waals surface area (Å²) in [6.07, 6.45) is 1.62. The first kappa shape index (κ1) is 10.5. The molecule has 0 fully saturated rings. The summed E-state index contributed by atoms with van der Waals surface area (Å²) in [4.78, 5) is 15.6. The van der Waals surface area contributed by atoms with Gasteiger partial charge in [0, 0.05) is 12.2 Å². The van der Waals surface area contributed by atoms with Crippen molar-refractivity contribution < 1.29 is 4.79 Å². The van der Waals surface area contributed by atoms with Gasteiger partial charge in [0.25, 0.3) is 0 Å². The van der Waals surface area contributed by atoms with Crippen LogP contribution in [0.4, 0.5) is 0 Å². The van der Waals surface area contributed by atoms with Gasteiger partial charge in [-0.05, 0) is 19.9 Å². The van der Waals surface area contributed by atoms with Crippen LogP contribution < -0.4 is 0 Å². The largest absolute Gasteiger partial charge is 0.290 e. The number of aromatic nitrogens is 5. The Morgan fingerprint density at radius 2 is 2.38 bits per heavy atom. The van der Waals surface area contributed by atoms with Crippen LogP contribution in [0.3, 0.4) is 0 Å². The molecule has 6 heteroatoms. The Balaban J connectivity index is 2.17. The molecular weight excluding hydrogens is 206 g/mol. The lowest BCUT2D eigenvalue weighted by Crippen LogP contribution is -2.11. The van der Waals surface area contributed by atoms with Crippen LogP contribution in [0, 0.1) is 6.92 Å². The number of ketones is 1. The molecule has 2 aromatic heterocycles. The fourth-order valence-corrected chi connectivity index (χ4v) is 1.60. The van der Waals surface area contributed by atoms with Crippen LogP contribution in [0.15, 0.2) is 12.4 Å². The number of nitrogens with zero attached hydrogens (tertiary/aromatic N) is 4. The molecule has 0 atom stereocenters. The third-order valence-electron chi connectivity index (χ3n) is 2.31. The first-order valence-corrected chi connectivity index (χ1v) is 5.12. The van der Waals surface area contributed by atoms with Gasteiger partial charge in [0.1, 0.15) is 6.33 Å². The normalized spacial score (nSPS) is 10.6. The van der Waals surface area contributed by atoms with Gasteiger partial charge in [-0.2, -0.15) is 10.2 Å². The minimum absolute atomic E-state index is 0.0768. The summed E-state index contributed by atoms with van der Waals surface area (Å²) in [6.45, 7) is 4.66. The van der Waals surface area contributed by atoms with Crippen molar-refractivity contribution in [2.75, 3.05) is 0 Å². The highest BCUT2D eigenvalue weighted by Gasteiger charge is 2.13. The molecule has 0 amide bonds. The highest BCUT2D eigenvalue weighted by atomic mass is 16.1. The van der Waals surface area contributed by atoms with E-state index >= 15 is 0 Å². The maximum atomic E-state index is 11.8. The molecule has 0 unspecified atom stereocenters. The van der Waals surface area contributed by atoms with Crippen molar-refractivity contribution in [1.29, 1.82) is 0 Å². The number of H-pyrrole nitrogens is 1. The van der Waals surface area contributed by atoms with E-state index in [1.54, 1.807) is 0 Å². The van der Waals surface area contributed by atoms with Crippen molar-refractivity contribution in [2.45, 2.75) is 26.8 Å². The van der Waals surface area contributed by atoms with E-state index in [1.165, 1.54) is 6.33 Å². The smallest absolute Gasteiger partial charge is 0.205 e. The maximum absolute atomic E-state index is 11.8. The van der Waals surface area contributed by atoms with E-state index in [0.29, 0.717) is 12.2 Å². The average Bonchev–Trinajstić information content (AvgIpc) is 2.87. The molecule has 6 nitrogen and oxygen atoms in total. The van der Waals surface area contributed by atoms with Crippen molar-refractivity contribution in [1.82, 2.24) is 25.0 Å². The highest BCUT2D eigenvalue weighted by molar-refractivity contribution is 5.93. The average molecular weight is 219 g/mol. The summed E-state index contributed by atoms with van der Waals surface area (Å²) in [5.74, 6) is 0.216. The third-order valence-corrected chi connectivity index (χ3v) is 2.31. The number of carbonyl (C=O) groups is 1. The maximum Gasteiger partial charge on any atom is 0.205 e. The van der Waals surface area contributed by atoms with Crippen LogP contribution in [0.1, 0.15) is 28.9 Å². The SMILES string of the molecule is CCn1nc(C)cc1CC(=O)c1ncn[nH]1. The van der Waals surface area contributed by atoms with Crippen molar-refractivity contribution in [2.24, 2.45) is 0 Å². The van der Waals surface area contributed by atoms with Crippen LogP contribution in [-0.4, -0.2) is 30.7 Å². The molecule has 2 aromatic rings. The van der Waals surface area contributed by atoms with Crippen LogP contribution >= 0.6 is 0 Å². The number of carbonyl (C=O) groups excluding carboxylic acids is 1. The van der Waals surface area contributed by atoms with Gasteiger partial charge in [0.2, 0.25) is 5.78 Å². The molecule has 0 aromatic carbocycles. The Morgan fingerprint density at radius 3 is 3.00 bits per heavy atom. The zero-order chi connectivity index (χ0) is 11.5. The summed E-state index contributed by atoms with van der Waals surface area (Å²) in [5, 5.41) is 10.5. The Morgan fingerprint density at radius 1 is 1.56 bits per heavy atom. The minimum Gasteiger partial charge on any atom is -0.290 e. The van der Waals surface area contributed by atoms with Crippen LogP contribution in [0.2, 0.25) is 0 Å². The van der Waals surface area contributed by atoms with Gasteiger partial charge in [-0.3, -0.25) is 14.6 Å². The molecule has 0 aliphatic rings. The van der Waals surface area contributed by atoms with Gasteiger partial charge < -0.3 is 0 Å². The number of hydrogen-bond acceptors (Lipinski definition) is 4. The predicted octanol–water partition coefficient (Wildman–Crippen LogP) is 0.755. The lowest BCUT2D eigenvalue weighted by molar-refractivity contribution is 0.0981. The Labute approximate surface area is 92.7 Å². The minimum atomic E-state index is -0.0768. The second-order valence-electron chi connectivity index (χ2n) is 3.53. The van der Waals surface area contributed by atoms with E-state index in [1.807, 2.05) is 24.6 Å². The first-order valence-electron chi connectivity index (χ1n) is 5.12. The number of aryl methyl sites for hydroxylation is 2. The number of rotatable bonds is 4. The second kappa shape index (κ2) is 4.26. The van der Waals surface area contributed by atoms with E-state index < -0.39 is 0 Å². The molecule has 0 aliphatic heterocycles. The lowest BCUT2D eigenvalue weighted by atomic mass is 10.2. The fourth-order valence-electron chi connectivity index (χ4n) is 1.60. The van der Waals surface area contributed by atoms with Crippen LogP contribution in [0.25, 0.3) is 0 Å². The predicted molar refractivity (Wildman–Crippen MR) is 57.1 cm³/mol. The molecule has 0 aliphatic carbocycles. The number of aromatic amines is 1. The summed E-state index contributed by atoms with van der Waals surface area (Å²) < 4.78 is 1.82. The van der Waals surface area contributed by atoms with E-state index in [0.717, 1.165) is 17.9 Å². The highest BCUT2D eigenvalue weighted by Crippen LogP contribution is 2.07. The van der Waals surface area contributed by atoms with Gasteiger partial charge in [0.05, 0.1) is 12.1 Å². The third kappa shape index (κ3) is 2.00. The van der Waals surface area contributed by atoms with E-state index in [4.69, 9.17) is 0 Å². The summed E-state index contributed by atoms with van der Waals surface area (Å²) in [7, 11) is 0. The first-order chi connectivity index (χ1) is 7.70. The number of hydrogen-bond donors (Lipinski definition) is 1. The molecule has 0 saturated heterocycles. The van der Waals surface area contributed by atoms with Crippen molar-refractivity contribution in [3.8, 4) is 0 Å². The van der Waals surface area contributed by atoms with Crippen LogP contribution in [0.5, 0.6) is 0 Å². The Hall–Kier alpha value is -1.98. The molecule has 16 heavy (non-hydrogen) atoms. The molecule has 1 N–H and O–H groups in total. The monoisotopic (exact) mass is 219 g/mol. The lowest BCUT2D eigenvalue weighted by Gasteiger charge is -2.01. The van der Waals surface area contributed by atoms with Gasteiger partial charge in [-0.15, -0.1) is 0 Å². The zero-order valence-electron chi connectivity index (χ0n) is 9.27. The van der Waals surface area contributed by atoms with Crippen molar-refractivity contribution >= 4 is 5.78 Å². The molecular formula is C10H13N5O. The quantitative estimate of drug-likeness (QED) is 0.770.